The Balaban J connectivity index is 1.75. The molecule has 1 aromatic heterocycles. The first-order valence-corrected chi connectivity index (χ1v) is 12.2. The number of aromatic hydroxyl groups is 1. The van der Waals surface area contributed by atoms with Crippen molar-refractivity contribution < 1.29 is 28.9 Å². The SMILES string of the molecule is CCOCCOC(=O)C1=C(C)NC2=C(C(=O)CC(c3cccs3)C2)C1c1ccc(O)c(OC)c1. The molecule has 7 nitrogen and oxygen atoms in total. The van der Waals surface area contributed by atoms with Gasteiger partial charge in [0.2, 0.25) is 0 Å². The number of thiophene rings is 1. The number of esters is 1. The summed E-state index contributed by atoms with van der Waals surface area (Å²) in [5.41, 5.74) is 3.11. The number of rotatable bonds is 8. The number of carbonyl (C=O) groups is 2. The number of nitrogens with one attached hydrogen (secondary N) is 1. The number of phenols is 1. The lowest BCUT2D eigenvalue weighted by Crippen LogP contribution is -2.36. The topological polar surface area (TPSA) is 94.1 Å². The second kappa shape index (κ2) is 10.4. The highest BCUT2D eigenvalue weighted by atomic mass is 32.1. The minimum atomic E-state index is -0.623. The second-order valence-corrected chi connectivity index (χ2v) is 9.28. The number of methoxy groups -OCH3 is 1. The van der Waals surface area contributed by atoms with Crippen molar-refractivity contribution in [3.63, 3.8) is 0 Å². The van der Waals surface area contributed by atoms with Crippen molar-refractivity contribution in [1.82, 2.24) is 5.32 Å². The third-order valence-electron chi connectivity index (χ3n) is 6.20. The first-order chi connectivity index (χ1) is 16.4. The molecule has 2 N–H and O–H groups in total. The largest absolute Gasteiger partial charge is 0.504 e. The van der Waals surface area contributed by atoms with Gasteiger partial charge in [0, 0.05) is 46.7 Å². The first-order valence-electron chi connectivity index (χ1n) is 11.3. The Morgan fingerprint density at radius 1 is 1.24 bits per heavy atom. The fraction of sp³-hybridized carbons (Fsp3) is 0.385. The van der Waals surface area contributed by atoms with E-state index in [2.05, 4.69) is 11.4 Å². The maximum atomic E-state index is 13.5. The van der Waals surface area contributed by atoms with E-state index in [0.717, 1.165) is 5.70 Å². The van der Waals surface area contributed by atoms with Gasteiger partial charge in [-0.25, -0.2) is 4.79 Å². The molecule has 4 rings (SSSR count). The molecule has 1 aromatic carbocycles. The minimum absolute atomic E-state index is 0.00342. The van der Waals surface area contributed by atoms with Gasteiger partial charge in [-0.15, -0.1) is 11.3 Å². The number of carbonyl (C=O) groups excluding carboxylic acids is 2. The Labute approximate surface area is 203 Å². The van der Waals surface area contributed by atoms with Crippen LogP contribution in [0, 0.1) is 0 Å². The molecule has 0 bridgehead atoms. The maximum absolute atomic E-state index is 13.5. The molecule has 0 fully saturated rings. The third-order valence-corrected chi connectivity index (χ3v) is 7.23. The number of hydrogen-bond acceptors (Lipinski definition) is 8. The quantitative estimate of drug-likeness (QED) is 0.424. The van der Waals surface area contributed by atoms with E-state index in [4.69, 9.17) is 14.2 Å². The zero-order chi connectivity index (χ0) is 24.2. The number of allylic oxidation sites excluding steroid dienone is 3. The normalized spacial score (nSPS) is 20.1. The number of benzene rings is 1. The summed E-state index contributed by atoms with van der Waals surface area (Å²) in [6, 6.07) is 8.97. The van der Waals surface area contributed by atoms with Crippen LogP contribution in [0.3, 0.4) is 0 Å². The number of phenolic OH excluding ortho intramolecular Hbond substituents is 1. The van der Waals surface area contributed by atoms with E-state index >= 15 is 0 Å². The maximum Gasteiger partial charge on any atom is 0.336 e. The smallest absolute Gasteiger partial charge is 0.336 e. The van der Waals surface area contributed by atoms with Gasteiger partial charge in [-0.05, 0) is 49.4 Å². The van der Waals surface area contributed by atoms with E-state index in [-0.39, 0.29) is 29.8 Å². The van der Waals surface area contributed by atoms with Gasteiger partial charge in [-0.3, -0.25) is 4.79 Å². The summed E-state index contributed by atoms with van der Waals surface area (Å²) in [6.45, 7) is 4.66. The van der Waals surface area contributed by atoms with Crippen molar-refractivity contribution >= 4 is 23.1 Å². The van der Waals surface area contributed by atoms with Gasteiger partial charge in [-0.2, -0.15) is 0 Å². The highest BCUT2D eigenvalue weighted by molar-refractivity contribution is 7.10. The van der Waals surface area contributed by atoms with Crippen LogP contribution >= 0.6 is 11.3 Å². The summed E-state index contributed by atoms with van der Waals surface area (Å²) in [7, 11) is 1.47. The summed E-state index contributed by atoms with van der Waals surface area (Å²) in [4.78, 5) is 27.9. The third kappa shape index (κ3) is 4.74. The molecule has 0 amide bonds. The van der Waals surface area contributed by atoms with Crippen molar-refractivity contribution in [2.45, 2.75) is 38.5 Å². The van der Waals surface area contributed by atoms with E-state index in [1.807, 2.05) is 25.3 Å². The fourth-order valence-electron chi connectivity index (χ4n) is 4.66. The Morgan fingerprint density at radius 2 is 2.06 bits per heavy atom. The number of Topliss-reactive ketones (excluding diaryl/α,β-unsaturated/α-hetero) is 1. The average Bonchev–Trinajstić information content (AvgIpc) is 3.36. The van der Waals surface area contributed by atoms with Crippen molar-refractivity contribution in [3.05, 3.63) is 68.7 Å². The van der Waals surface area contributed by atoms with Gasteiger partial charge in [0.1, 0.15) is 6.61 Å². The van der Waals surface area contributed by atoms with Crippen LogP contribution in [-0.2, 0) is 19.1 Å². The van der Waals surface area contributed by atoms with Crippen molar-refractivity contribution in [1.29, 1.82) is 0 Å². The van der Waals surface area contributed by atoms with Gasteiger partial charge < -0.3 is 24.6 Å². The molecule has 1 aliphatic carbocycles. The van der Waals surface area contributed by atoms with Crippen LogP contribution in [0.25, 0.3) is 0 Å². The molecule has 2 aliphatic rings. The second-order valence-electron chi connectivity index (χ2n) is 8.30. The van der Waals surface area contributed by atoms with Crippen LogP contribution in [-0.4, -0.2) is 43.8 Å². The van der Waals surface area contributed by atoms with E-state index in [9.17, 15) is 14.7 Å². The van der Waals surface area contributed by atoms with Crippen LogP contribution in [0.5, 0.6) is 11.5 Å². The Bertz CT molecular complexity index is 1130. The number of dihydropyridines is 1. The van der Waals surface area contributed by atoms with Gasteiger partial charge in [0.15, 0.2) is 17.3 Å². The van der Waals surface area contributed by atoms with Crippen LogP contribution in [0.15, 0.2) is 58.3 Å². The molecule has 0 spiro atoms. The highest BCUT2D eigenvalue weighted by Crippen LogP contribution is 2.47. The Hall–Kier alpha value is -3.10. The van der Waals surface area contributed by atoms with Crippen molar-refractivity contribution in [2.24, 2.45) is 0 Å². The fourth-order valence-corrected chi connectivity index (χ4v) is 5.49. The van der Waals surface area contributed by atoms with Gasteiger partial charge >= 0.3 is 5.97 Å². The summed E-state index contributed by atoms with van der Waals surface area (Å²) >= 11 is 1.65. The molecule has 0 saturated carbocycles. The van der Waals surface area contributed by atoms with E-state index in [1.54, 1.807) is 23.5 Å². The van der Waals surface area contributed by atoms with Crippen LogP contribution < -0.4 is 10.1 Å². The molecular weight excluding hydrogens is 454 g/mol. The summed E-state index contributed by atoms with van der Waals surface area (Å²) in [5.74, 6) is -0.760. The average molecular weight is 484 g/mol. The van der Waals surface area contributed by atoms with Crippen molar-refractivity contribution in [3.8, 4) is 11.5 Å². The van der Waals surface area contributed by atoms with Crippen LogP contribution in [0.2, 0.25) is 0 Å². The standard InChI is InChI=1S/C26H29NO6S/c1-4-32-9-10-33-26(30)23-15(2)27-18-12-17(22-6-5-11-34-22)13-20(29)25(18)24(23)16-7-8-19(28)21(14-16)31-3/h5-8,11,14,17,24,27-28H,4,9-10,12-13H2,1-3H3. The zero-order valence-corrected chi connectivity index (χ0v) is 20.4. The van der Waals surface area contributed by atoms with Crippen LogP contribution in [0.4, 0.5) is 0 Å². The van der Waals surface area contributed by atoms with E-state index in [0.29, 0.717) is 48.5 Å². The van der Waals surface area contributed by atoms with Crippen LogP contribution in [0.1, 0.15) is 49.0 Å². The predicted molar refractivity (Wildman–Crippen MR) is 129 cm³/mol. The molecule has 2 heterocycles. The molecule has 2 unspecified atom stereocenters. The van der Waals surface area contributed by atoms with E-state index in [1.165, 1.54) is 18.1 Å². The molecule has 2 aromatic rings. The van der Waals surface area contributed by atoms with Gasteiger partial charge in [0.05, 0.1) is 19.3 Å². The minimum Gasteiger partial charge on any atom is -0.504 e. The predicted octanol–water partition coefficient (Wildman–Crippen LogP) is 4.40. The number of hydrogen-bond donors (Lipinski definition) is 2. The summed E-state index contributed by atoms with van der Waals surface area (Å²) in [6.07, 6.45) is 1.05. The Morgan fingerprint density at radius 3 is 2.76 bits per heavy atom. The molecule has 2 atom stereocenters. The number of ether oxygens (including phenoxy) is 3. The molecular formula is C26H29NO6S. The Kier molecular flexibility index (Phi) is 7.38. The summed E-state index contributed by atoms with van der Waals surface area (Å²) in [5, 5.41) is 15.5. The van der Waals surface area contributed by atoms with Gasteiger partial charge in [0.25, 0.3) is 0 Å². The zero-order valence-electron chi connectivity index (χ0n) is 19.6. The van der Waals surface area contributed by atoms with Gasteiger partial charge in [-0.1, -0.05) is 12.1 Å². The molecule has 34 heavy (non-hydrogen) atoms. The first kappa shape index (κ1) is 24.0. The monoisotopic (exact) mass is 483 g/mol. The summed E-state index contributed by atoms with van der Waals surface area (Å²) < 4.78 is 16.1. The molecule has 0 radical (unpaired) electrons. The number of ketones is 1. The molecule has 180 valence electrons. The molecule has 8 heteroatoms. The lowest BCUT2D eigenvalue weighted by Gasteiger charge is -2.36. The van der Waals surface area contributed by atoms with E-state index < -0.39 is 11.9 Å². The molecule has 0 saturated heterocycles. The lowest BCUT2D eigenvalue weighted by atomic mass is 9.72. The lowest BCUT2D eigenvalue weighted by molar-refractivity contribution is -0.140. The van der Waals surface area contributed by atoms with Crippen molar-refractivity contribution in [2.75, 3.05) is 26.9 Å². The highest BCUT2D eigenvalue weighted by Gasteiger charge is 2.41. The molecule has 1 aliphatic heterocycles.